The first-order valence-electron chi connectivity index (χ1n) is 8.04. The minimum atomic E-state index is -3.60. The highest BCUT2D eigenvalue weighted by atomic mass is 32.2. The van der Waals surface area contributed by atoms with E-state index in [4.69, 9.17) is 4.74 Å². The third-order valence-corrected chi connectivity index (χ3v) is 5.19. The number of ether oxygens (including phenoxy) is 1. The van der Waals surface area contributed by atoms with E-state index in [0.717, 1.165) is 5.56 Å². The van der Waals surface area contributed by atoms with Gasteiger partial charge in [-0.25, -0.2) is 13.1 Å². The summed E-state index contributed by atoms with van der Waals surface area (Å²) < 4.78 is 31.8. The Labute approximate surface area is 153 Å². The van der Waals surface area contributed by atoms with Gasteiger partial charge in [0.25, 0.3) is 5.91 Å². The third kappa shape index (κ3) is 5.26. The number of hydrogen-bond donors (Lipinski definition) is 2. The molecule has 1 amide bonds. The van der Waals surface area contributed by atoms with Crippen molar-refractivity contribution in [1.82, 2.24) is 10.0 Å². The van der Waals surface area contributed by atoms with Crippen molar-refractivity contribution in [3.8, 4) is 0 Å². The Morgan fingerprint density at radius 2 is 1.81 bits per heavy atom. The lowest BCUT2D eigenvalue weighted by Gasteiger charge is -2.16. The summed E-state index contributed by atoms with van der Waals surface area (Å²) in [5.41, 5.74) is 1.33. The van der Waals surface area contributed by atoms with Crippen LogP contribution in [0.2, 0.25) is 0 Å². The maximum atomic E-state index is 12.3. The van der Waals surface area contributed by atoms with Crippen LogP contribution < -0.4 is 10.0 Å². The fraction of sp³-hybridized carbons (Fsp3) is 0.211. The van der Waals surface area contributed by atoms with Gasteiger partial charge in [0, 0.05) is 25.8 Å². The van der Waals surface area contributed by atoms with E-state index in [9.17, 15) is 13.2 Å². The van der Waals surface area contributed by atoms with Crippen LogP contribution in [-0.2, 0) is 14.8 Å². The lowest BCUT2D eigenvalue weighted by Crippen LogP contribution is -2.29. The Balaban J connectivity index is 2.00. The molecule has 0 aliphatic carbocycles. The molecule has 0 bridgehead atoms. The minimum Gasteiger partial charge on any atom is -0.375 e. The average Bonchev–Trinajstić information content (AvgIpc) is 2.67. The molecule has 26 heavy (non-hydrogen) atoms. The number of carbonyl (C=O) groups is 1. The Morgan fingerprint density at radius 3 is 2.38 bits per heavy atom. The van der Waals surface area contributed by atoms with Crippen molar-refractivity contribution in [2.45, 2.75) is 11.0 Å². The number of nitrogens with one attached hydrogen (secondary N) is 2. The molecule has 6 nitrogen and oxygen atoms in total. The first-order valence-corrected chi connectivity index (χ1v) is 9.53. The van der Waals surface area contributed by atoms with E-state index in [2.05, 4.69) is 16.6 Å². The van der Waals surface area contributed by atoms with Crippen molar-refractivity contribution in [2.75, 3.05) is 20.2 Å². The summed E-state index contributed by atoms with van der Waals surface area (Å²) >= 11 is 0. The standard InChI is InChI=1S/C19H22N2O4S/c1-3-13-21-26(23,24)17-11-9-16(10-12-17)19(22)20-14-18(25-2)15-7-5-4-6-8-15/h3-12,18,21H,1,13-14H2,2H3,(H,20,22). The van der Waals surface area contributed by atoms with E-state index in [1.165, 1.54) is 30.3 Å². The van der Waals surface area contributed by atoms with Crippen LogP contribution in [0.25, 0.3) is 0 Å². The topological polar surface area (TPSA) is 84.5 Å². The number of methoxy groups -OCH3 is 1. The molecule has 1 unspecified atom stereocenters. The summed E-state index contributed by atoms with van der Waals surface area (Å²) in [4.78, 5) is 12.4. The van der Waals surface area contributed by atoms with Gasteiger partial charge in [0.1, 0.15) is 0 Å². The Morgan fingerprint density at radius 1 is 1.15 bits per heavy atom. The van der Waals surface area contributed by atoms with Crippen molar-refractivity contribution in [3.63, 3.8) is 0 Å². The molecule has 2 aromatic carbocycles. The lowest BCUT2D eigenvalue weighted by molar-refractivity contribution is 0.0828. The number of carbonyl (C=O) groups excluding carboxylic acids is 1. The summed E-state index contributed by atoms with van der Waals surface area (Å²) in [6.45, 7) is 3.92. The maximum absolute atomic E-state index is 12.3. The molecule has 2 aromatic rings. The number of sulfonamides is 1. The molecule has 0 aliphatic rings. The highest BCUT2D eigenvalue weighted by Gasteiger charge is 2.15. The van der Waals surface area contributed by atoms with Gasteiger partial charge < -0.3 is 10.1 Å². The largest absolute Gasteiger partial charge is 0.375 e. The molecule has 0 fully saturated rings. The van der Waals surface area contributed by atoms with Crippen LogP contribution in [-0.4, -0.2) is 34.5 Å². The summed E-state index contributed by atoms with van der Waals surface area (Å²) in [6, 6.07) is 15.3. The molecule has 7 heteroatoms. The zero-order chi connectivity index (χ0) is 19.0. The van der Waals surface area contributed by atoms with Crippen LogP contribution in [0.15, 0.2) is 72.1 Å². The highest BCUT2D eigenvalue weighted by Crippen LogP contribution is 2.15. The fourth-order valence-corrected chi connectivity index (χ4v) is 3.33. The van der Waals surface area contributed by atoms with Crippen LogP contribution in [0.4, 0.5) is 0 Å². The molecular weight excluding hydrogens is 352 g/mol. The van der Waals surface area contributed by atoms with E-state index in [0.29, 0.717) is 12.1 Å². The predicted octanol–water partition coefficient (Wildman–Crippen LogP) is 2.27. The number of rotatable bonds is 9. The van der Waals surface area contributed by atoms with Crippen LogP contribution in [0.1, 0.15) is 22.0 Å². The monoisotopic (exact) mass is 374 g/mol. The second-order valence-corrected chi connectivity index (χ2v) is 7.28. The number of hydrogen-bond acceptors (Lipinski definition) is 4. The molecule has 0 saturated heterocycles. The van der Waals surface area contributed by atoms with Gasteiger partial charge in [-0.2, -0.15) is 0 Å². The zero-order valence-corrected chi connectivity index (χ0v) is 15.3. The Kier molecular flexibility index (Phi) is 7.08. The zero-order valence-electron chi connectivity index (χ0n) is 14.5. The molecule has 2 N–H and O–H groups in total. The van der Waals surface area contributed by atoms with Gasteiger partial charge in [-0.3, -0.25) is 4.79 Å². The summed E-state index contributed by atoms with van der Waals surface area (Å²) in [6.07, 6.45) is 1.20. The van der Waals surface area contributed by atoms with Crippen molar-refractivity contribution in [2.24, 2.45) is 0 Å². The highest BCUT2D eigenvalue weighted by molar-refractivity contribution is 7.89. The van der Waals surface area contributed by atoms with Gasteiger partial charge in [0.15, 0.2) is 0 Å². The number of amides is 1. The van der Waals surface area contributed by atoms with Crippen LogP contribution in [0.5, 0.6) is 0 Å². The minimum absolute atomic E-state index is 0.0925. The second kappa shape index (κ2) is 9.28. The first-order chi connectivity index (χ1) is 12.5. The molecule has 0 aliphatic heterocycles. The van der Waals surface area contributed by atoms with Gasteiger partial charge in [0.05, 0.1) is 11.0 Å². The van der Waals surface area contributed by atoms with Crippen molar-refractivity contribution < 1.29 is 17.9 Å². The van der Waals surface area contributed by atoms with E-state index in [1.54, 1.807) is 7.11 Å². The predicted molar refractivity (Wildman–Crippen MR) is 100 cm³/mol. The molecule has 1 atom stereocenters. The van der Waals surface area contributed by atoms with Gasteiger partial charge >= 0.3 is 0 Å². The third-order valence-electron chi connectivity index (χ3n) is 3.75. The molecule has 0 saturated carbocycles. The molecule has 138 valence electrons. The fourth-order valence-electron chi connectivity index (χ4n) is 2.33. The van der Waals surface area contributed by atoms with Crippen molar-refractivity contribution in [1.29, 1.82) is 0 Å². The maximum Gasteiger partial charge on any atom is 0.251 e. The van der Waals surface area contributed by atoms with E-state index < -0.39 is 10.0 Å². The van der Waals surface area contributed by atoms with Crippen LogP contribution in [0.3, 0.4) is 0 Å². The smallest absolute Gasteiger partial charge is 0.251 e. The lowest BCUT2D eigenvalue weighted by atomic mass is 10.1. The Hall–Kier alpha value is -2.48. The summed E-state index contributed by atoms with van der Waals surface area (Å²) in [5, 5.41) is 2.80. The van der Waals surface area contributed by atoms with Gasteiger partial charge in [-0.1, -0.05) is 36.4 Å². The second-order valence-electron chi connectivity index (χ2n) is 5.51. The SMILES string of the molecule is C=CCNS(=O)(=O)c1ccc(C(=O)NCC(OC)c2ccccc2)cc1. The summed E-state index contributed by atoms with van der Waals surface area (Å²) in [7, 11) is -2.02. The normalized spacial score (nSPS) is 12.3. The summed E-state index contributed by atoms with van der Waals surface area (Å²) in [5.74, 6) is -0.300. The average molecular weight is 374 g/mol. The van der Waals surface area contributed by atoms with Gasteiger partial charge in [0.2, 0.25) is 10.0 Å². The molecule has 2 rings (SSSR count). The van der Waals surface area contributed by atoms with Gasteiger partial charge in [-0.15, -0.1) is 6.58 Å². The van der Waals surface area contributed by atoms with E-state index in [1.807, 2.05) is 30.3 Å². The van der Waals surface area contributed by atoms with E-state index in [-0.39, 0.29) is 23.5 Å². The molecular formula is C19H22N2O4S. The molecule has 0 spiro atoms. The van der Waals surface area contributed by atoms with Crippen molar-refractivity contribution in [3.05, 3.63) is 78.4 Å². The number of benzene rings is 2. The Bertz CT molecular complexity index is 834. The van der Waals surface area contributed by atoms with Gasteiger partial charge in [-0.05, 0) is 29.8 Å². The van der Waals surface area contributed by atoms with Crippen molar-refractivity contribution >= 4 is 15.9 Å². The molecule has 0 aromatic heterocycles. The quantitative estimate of drug-likeness (QED) is 0.660. The molecule has 0 heterocycles. The van der Waals surface area contributed by atoms with E-state index >= 15 is 0 Å². The molecule has 0 radical (unpaired) electrons. The first kappa shape index (κ1) is 19.8. The van der Waals surface area contributed by atoms with Crippen LogP contribution >= 0.6 is 0 Å². The van der Waals surface area contributed by atoms with Crippen LogP contribution in [0, 0.1) is 0 Å².